The Bertz CT molecular complexity index is 483. The highest BCUT2D eigenvalue weighted by molar-refractivity contribution is 5.95. The summed E-state index contributed by atoms with van der Waals surface area (Å²) in [7, 11) is 1.58. The Morgan fingerprint density at radius 1 is 1.47 bits per heavy atom. The van der Waals surface area contributed by atoms with Crippen LogP contribution >= 0.6 is 0 Å². The average molecular weight is 260 g/mol. The van der Waals surface area contributed by atoms with E-state index in [9.17, 15) is 4.79 Å². The third-order valence-electron chi connectivity index (χ3n) is 3.39. The van der Waals surface area contributed by atoms with Gasteiger partial charge in [0.25, 0.3) is 5.91 Å². The quantitative estimate of drug-likeness (QED) is 0.849. The number of hydrazone groups is 1. The molecule has 1 amide bonds. The second-order valence-corrected chi connectivity index (χ2v) is 5.05. The molecule has 1 aromatic carbocycles. The number of nitrogens with one attached hydrogen (secondary N) is 1. The lowest BCUT2D eigenvalue weighted by Crippen LogP contribution is -2.22. The van der Waals surface area contributed by atoms with Crippen LogP contribution in [0.25, 0.3) is 0 Å². The molecule has 1 aliphatic carbocycles. The lowest BCUT2D eigenvalue weighted by Gasteiger charge is -2.18. The van der Waals surface area contributed by atoms with E-state index in [0.717, 1.165) is 25.0 Å². The fourth-order valence-electron chi connectivity index (χ4n) is 2.32. The van der Waals surface area contributed by atoms with Gasteiger partial charge in [0.05, 0.1) is 7.11 Å². The molecule has 2 rings (SSSR count). The zero-order chi connectivity index (χ0) is 13.7. The van der Waals surface area contributed by atoms with E-state index in [4.69, 9.17) is 4.74 Å². The van der Waals surface area contributed by atoms with Gasteiger partial charge in [-0.1, -0.05) is 13.0 Å². The molecule has 1 unspecified atom stereocenters. The van der Waals surface area contributed by atoms with Crippen molar-refractivity contribution < 1.29 is 9.53 Å². The Labute approximate surface area is 113 Å². The highest BCUT2D eigenvalue weighted by Crippen LogP contribution is 2.21. The molecule has 1 aromatic rings. The summed E-state index contributed by atoms with van der Waals surface area (Å²) >= 11 is 0. The molecule has 1 atom stereocenters. The third kappa shape index (κ3) is 3.81. The Kier molecular flexibility index (Phi) is 4.55. The van der Waals surface area contributed by atoms with Gasteiger partial charge in [0.1, 0.15) is 5.75 Å². The van der Waals surface area contributed by atoms with Crippen LogP contribution in [0.5, 0.6) is 5.75 Å². The third-order valence-corrected chi connectivity index (χ3v) is 3.39. The summed E-state index contributed by atoms with van der Waals surface area (Å²) in [5.74, 6) is 1.15. The second kappa shape index (κ2) is 6.36. The van der Waals surface area contributed by atoms with Crippen molar-refractivity contribution in [1.82, 2.24) is 5.43 Å². The topological polar surface area (TPSA) is 50.7 Å². The van der Waals surface area contributed by atoms with Crippen molar-refractivity contribution in [3.05, 3.63) is 29.8 Å². The van der Waals surface area contributed by atoms with Gasteiger partial charge in [-0.2, -0.15) is 5.10 Å². The minimum Gasteiger partial charge on any atom is -0.497 e. The molecule has 1 saturated carbocycles. The van der Waals surface area contributed by atoms with Crippen molar-refractivity contribution in [2.45, 2.75) is 32.6 Å². The predicted octanol–water partition coefficient (Wildman–Crippen LogP) is 2.99. The van der Waals surface area contributed by atoms with Crippen molar-refractivity contribution in [2.75, 3.05) is 7.11 Å². The van der Waals surface area contributed by atoms with Crippen LogP contribution < -0.4 is 10.2 Å². The fourth-order valence-corrected chi connectivity index (χ4v) is 2.32. The van der Waals surface area contributed by atoms with E-state index in [-0.39, 0.29) is 5.91 Å². The smallest absolute Gasteiger partial charge is 0.271 e. The predicted molar refractivity (Wildman–Crippen MR) is 75.5 cm³/mol. The molecule has 4 heteroatoms. The number of methoxy groups -OCH3 is 1. The Morgan fingerprint density at radius 3 is 3.05 bits per heavy atom. The molecule has 1 N–H and O–H groups in total. The van der Waals surface area contributed by atoms with Gasteiger partial charge in [0.2, 0.25) is 0 Å². The molecule has 19 heavy (non-hydrogen) atoms. The van der Waals surface area contributed by atoms with Crippen LogP contribution in [0.1, 0.15) is 43.0 Å². The molecule has 4 nitrogen and oxygen atoms in total. The maximum atomic E-state index is 12.0. The second-order valence-electron chi connectivity index (χ2n) is 5.05. The molecule has 0 bridgehead atoms. The summed E-state index contributed by atoms with van der Waals surface area (Å²) in [6, 6.07) is 7.07. The first-order valence-electron chi connectivity index (χ1n) is 6.69. The molecule has 0 heterocycles. The number of benzene rings is 1. The van der Waals surface area contributed by atoms with E-state index in [1.54, 1.807) is 25.3 Å². The summed E-state index contributed by atoms with van der Waals surface area (Å²) in [6.07, 6.45) is 4.39. The normalized spacial score (nSPS) is 21.2. The summed E-state index contributed by atoms with van der Waals surface area (Å²) < 4.78 is 5.10. The van der Waals surface area contributed by atoms with E-state index in [2.05, 4.69) is 17.5 Å². The van der Waals surface area contributed by atoms with Gasteiger partial charge in [-0.05, 0) is 49.8 Å². The molecule has 0 radical (unpaired) electrons. The average Bonchev–Trinajstić information content (AvgIpc) is 2.45. The summed E-state index contributed by atoms with van der Waals surface area (Å²) in [5, 5.41) is 4.24. The Hall–Kier alpha value is -1.84. The number of rotatable bonds is 3. The van der Waals surface area contributed by atoms with Crippen LogP contribution in [0.2, 0.25) is 0 Å². The number of ether oxygens (including phenoxy) is 1. The fraction of sp³-hybridized carbons (Fsp3) is 0.467. The maximum absolute atomic E-state index is 12.0. The zero-order valence-electron chi connectivity index (χ0n) is 11.5. The van der Waals surface area contributed by atoms with Crippen molar-refractivity contribution in [2.24, 2.45) is 11.0 Å². The molecule has 0 spiro atoms. The first-order valence-corrected chi connectivity index (χ1v) is 6.69. The summed E-state index contributed by atoms with van der Waals surface area (Å²) in [5.41, 5.74) is 4.29. The molecule has 1 aliphatic rings. The SMILES string of the molecule is COc1cccc(C(=O)NN=C2CCCC(C)C2)c1. The van der Waals surface area contributed by atoms with E-state index < -0.39 is 0 Å². The van der Waals surface area contributed by atoms with Crippen molar-refractivity contribution in [3.63, 3.8) is 0 Å². The molecule has 1 fully saturated rings. The lowest BCUT2D eigenvalue weighted by molar-refractivity contribution is 0.0954. The first kappa shape index (κ1) is 13.6. The van der Waals surface area contributed by atoms with Crippen LogP contribution in [0, 0.1) is 5.92 Å². The molecular weight excluding hydrogens is 240 g/mol. The number of hydrogen-bond acceptors (Lipinski definition) is 3. The van der Waals surface area contributed by atoms with E-state index >= 15 is 0 Å². The van der Waals surface area contributed by atoms with Gasteiger partial charge in [0.15, 0.2) is 0 Å². The van der Waals surface area contributed by atoms with Gasteiger partial charge >= 0.3 is 0 Å². The standard InChI is InChI=1S/C15H20N2O2/c1-11-5-3-7-13(9-11)16-17-15(18)12-6-4-8-14(10-12)19-2/h4,6,8,10-11H,3,5,7,9H2,1-2H3,(H,17,18). The van der Waals surface area contributed by atoms with Gasteiger partial charge in [0, 0.05) is 11.3 Å². The highest BCUT2D eigenvalue weighted by atomic mass is 16.5. The lowest BCUT2D eigenvalue weighted by atomic mass is 9.89. The van der Waals surface area contributed by atoms with Crippen LogP contribution in [0.3, 0.4) is 0 Å². The summed E-state index contributed by atoms with van der Waals surface area (Å²) in [4.78, 5) is 12.0. The highest BCUT2D eigenvalue weighted by Gasteiger charge is 2.14. The van der Waals surface area contributed by atoms with Crippen molar-refractivity contribution in [3.8, 4) is 5.75 Å². The van der Waals surface area contributed by atoms with Gasteiger partial charge in [-0.15, -0.1) is 0 Å². The largest absolute Gasteiger partial charge is 0.497 e. The Morgan fingerprint density at radius 2 is 2.32 bits per heavy atom. The van der Waals surface area contributed by atoms with Crippen LogP contribution in [0.15, 0.2) is 29.4 Å². The Balaban J connectivity index is 1.98. The number of carbonyl (C=O) groups is 1. The van der Waals surface area contributed by atoms with Crippen molar-refractivity contribution >= 4 is 11.6 Å². The number of nitrogens with zero attached hydrogens (tertiary/aromatic N) is 1. The van der Waals surface area contributed by atoms with Crippen molar-refractivity contribution in [1.29, 1.82) is 0 Å². The summed E-state index contributed by atoms with van der Waals surface area (Å²) in [6.45, 7) is 2.22. The van der Waals surface area contributed by atoms with Crippen LogP contribution in [0.4, 0.5) is 0 Å². The molecule has 102 valence electrons. The van der Waals surface area contributed by atoms with Crippen LogP contribution in [-0.2, 0) is 0 Å². The molecule has 0 aliphatic heterocycles. The molecule has 0 aromatic heterocycles. The van der Waals surface area contributed by atoms with E-state index in [0.29, 0.717) is 17.2 Å². The van der Waals surface area contributed by atoms with E-state index in [1.165, 1.54) is 6.42 Å². The molecule has 0 saturated heterocycles. The number of hydrogen-bond donors (Lipinski definition) is 1. The first-order chi connectivity index (χ1) is 9.19. The maximum Gasteiger partial charge on any atom is 0.271 e. The molecular formula is C15H20N2O2. The minimum atomic E-state index is -0.190. The monoisotopic (exact) mass is 260 g/mol. The minimum absolute atomic E-state index is 0.190. The van der Waals surface area contributed by atoms with E-state index in [1.807, 2.05) is 6.07 Å². The van der Waals surface area contributed by atoms with Gasteiger partial charge in [-0.3, -0.25) is 4.79 Å². The number of amides is 1. The zero-order valence-corrected chi connectivity index (χ0v) is 11.5. The van der Waals surface area contributed by atoms with Gasteiger partial charge < -0.3 is 4.74 Å². The number of carbonyl (C=O) groups excluding carboxylic acids is 1. The van der Waals surface area contributed by atoms with Crippen LogP contribution in [-0.4, -0.2) is 18.7 Å². The van der Waals surface area contributed by atoms with Gasteiger partial charge in [-0.25, -0.2) is 5.43 Å².